The van der Waals surface area contributed by atoms with E-state index in [9.17, 15) is 9.90 Å². The van der Waals surface area contributed by atoms with Crippen LogP contribution in [-0.2, 0) is 0 Å². The Morgan fingerprint density at radius 3 is 2.38 bits per heavy atom. The van der Waals surface area contributed by atoms with Gasteiger partial charge in [0.2, 0.25) is 0 Å². The summed E-state index contributed by atoms with van der Waals surface area (Å²) in [7, 11) is 0. The summed E-state index contributed by atoms with van der Waals surface area (Å²) >= 11 is 0. The molecule has 2 amide bonds. The fraction of sp³-hybridized carbons (Fsp3) is 0.588. The van der Waals surface area contributed by atoms with Crippen LogP contribution in [0.15, 0.2) is 30.3 Å². The third kappa shape index (κ3) is 3.05. The summed E-state index contributed by atoms with van der Waals surface area (Å²) in [5, 5.41) is 10.8. The van der Waals surface area contributed by atoms with Crippen molar-refractivity contribution in [2.24, 2.45) is 0 Å². The molecule has 21 heavy (non-hydrogen) atoms. The maximum Gasteiger partial charge on any atom is 0.327 e. The Labute approximate surface area is 127 Å². The minimum Gasteiger partial charge on any atom is -0.371 e. The molecule has 0 radical (unpaired) electrons. The van der Waals surface area contributed by atoms with Gasteiger partial charge < -0.3 is 10.0 Å². The van der Waals surface area contributed by atoms with Crippen molar-refractivity contribution in [1.82, 2.24) is 4.90 Å². The van der Waals surface area contributed by atoms with Crippen molar-refractivity contribution in [3.8, 4) is 0 Å². The zero-order valence-electron chi connectivity index (χ0n) is 13.5. The molecule has 4 nitrogen and oxygen atoms in total. The molecule has 1 unspecified atom stereocenters. The first-order valence-corrected chi connectivity index (χ1v) is 7.69. The predicted octanol–water partition coefficient (Wildman–Crippen LogP) is 3.61. The largest absolute Gasteiger partial charge is 0.371 e. The zero-order chi connectivity index (χ0) is 15.7. The topological polar surface area (TPSA) is 43.8 Å². The highest BCUT2D eigenvalue weighted by Crippen LogP contribution is 2.38. The summed E-state index contributed by atoms with van der Waals surface area (Å²) in [6.07, 6.45) is 2.53. The van der Waals surface area contributed by atoms with Crippen LogP contribution in [0.2, 0.25) is 0 Å². The van der Waals surface area contributed by atoms with Crippen LogP contribution in [0.25, 0.3) is 0 Å². The SMILES string of the molecule is CCCCN1C(=O)N(c2ccccc2)C(C)(O)CC1(C)C. The third-order valence-corrected chi connectivity index (χ3v) is 4.15. The fourth-order valence-corrected chi connectivity index (χ4v) is 3.26. The molecule has 1 aliphatic rings. The van der Waals surface area contributed by atoms with Gasteiger partial charge in [-0.05, 0) is 39.3 Å². The van der Waals surface area contributed by atoms with Crippen LogP contribution >= 0.6 is 0 Å². The molecule has 1 aliphatic heterocycles. The van der Waals surface area contributed by atoms with E-state index in [0.29, 0.717) is 6.42 Å². The average Bonchev–Trinajstić information content (AvgIpc) is 2.37. The average molecular weight is 290 g/mol. The number of para-hydroxylation sites is 1. The van der Waals surface area contributed by atoms with E-state index < -0.39 is 5.72 Å². The van der Waals surface area contributed by atoms with Crippen LogP contribution in [0.5, 0.6) is 0 Å². The van der Waals surface area contributed by atoms with Gasteiger partial charge in [-0.3, -0.25) is 4.90 Å². The van der Waals surface area contributed by atoms with E-state index in [-0.39, 0.29) is 11.6 Å². The summed E-state index contributed by atoms with van der Waals surface area (Å²) in [5.41, 5.74) is -0.782. The Morgan fingerprint density at radius 1 is 1.19 bits per heavy atom. The number of carbonyl (C=O) groups is 1. The monoisotopic (exact) mass is 290 g/mol. The van der Waals surface area contributed by atoms with E-state index in [1.165, 1.54) is 4.90 Å². The lowest BCUT2D eigenvalue weighted by Crippen LogP contribution is -2.68. The van der Waals surface area contributed by atoms with Crippen LogP contribution in [-0.4, -0.2) is 33.8 Å². The first kappa shape index (κ1) is 15.8. The molecule has 1 atom stereocenters. The molecule has 0 aliphatic carbocycles. The van der Waals surface area contributed by atoms with Gasteiger partial charge in [0, 0.05) is 24.2 Å². The summed E-state index contributed by atoms with van der Waals surface area (Å²) in [6, 6.07) is 9.29. The standard InChI is InChI=1S/C17H26N2O2/c1-5-6-12-18-15(20)19(14-10-8-7-9-11-14)17(4,21)13-16(18,2)3/h7-11,21H,5-6,12-13H2,1-4H3. The fourth-order valence-electron chi connectivity index (χ4n) is 3.26. The highest BCUT2D eigenvalue weighted by molar-refractivity contribution is 5.94. The molecule has 1 saturated heterocycles. The Hall–Kier alpha value is -1.55. The van der Waals surface area contributed by atoms with E-state index in [4.69, 9.17) is 0 Å². The number of aliphatic hydroxyl groups is 1. The highest BCUT2D eigenvalue weighted by atomic mass is 16.3. The van der Waals surface area contributed by atoms with Crippen LogP contribution in [0, 0.1) is 0 Å². The van der Waals surface area contributed by atoms with Gasteiger partial charge in [-0.25, -0.2) is 4.79 Å². The molecule has 4 heteroatoms. The van der Waals surface area contributed by atoms with Crippen LogP contribution < -0.4 is 4.90 Å². The smallest absolute Gasteiger partial charge is 0.327 e. The van der Waals surface area contributed by atoms with Gasteiger partial charge in [0.15, 0.2) is 0 Å². The van der Waals surface area contributed by atoms with E-state index in [2.05, 4.69) is 6.92 Å². The molecule has 1 aromatic rings. The van der Waals surface area contributed by atoms with Crippen molar-refractivity contribution in [2.75, 3.05) is 11.4 Å². The number of hydrogen-bond acceptors (Lipinski definition) is 2. The Morgan fingerprint density at radius 2 is 1.81 bits per heavy atom. The minimum absolute atomic E-state index is 0.115. The zero-order valence-corrected chi connectivity index (χ0v) is 13.5. The predicted molar refractivity (Wildman–Crippen MR) is 85.3 cm³/mol. The molecular formula is C17H26N2O2. The third-order valence-electron chi connectivity index (χ3n) is 4.15. The molecule has 0 bridgehead atoms. The quantitative estimate of drug-likeness (QED) is 0.920. The van der Waals surface area contributed by atoms with Crippen molar-refractivity contribution in [2.45, 2.75) is 58.2 Å². The van der Waals surface area contributed by atoms with Crippen LogP contribution in [0.4, 0.5) is 10.5 Å². The molecule has 1 aromatic carbocycles. The van der Waals surface area contributed by atoms with Crippen LogP contribution in [0.3, 0.4) is 0 Å². The molecule has 0 spiro atoms. The minimum atomic E-state index is -1.18. The molecule has 116 valence electrons. The molecular weight excluding hydrogens is 264 g/mol. The molecule has 1 N–H and O–H groups in total. The van der Waals surface area contributed by atoms with E-state index in [1.54, 1.807) is 6.92 Å². The number of unbranched alkanes of at least 4 members (excludes halogenated alkanes) is 1. The lowest BCUT2D eigenvalue weighted by molar-refractivity contribution is -0.0255. The van der Waals surface area contributed by atoms with Gasteiger partial charge in [-0.1, -0.05) is 31.5 Å². The van der Waals surface area contributed by atoms with Crippen molar-refractivity contribution in [3.05, 3.63) is 30.3 Å². The number of anilines is 1. The first-order chi connectivity index (χ1) is 9.79. The van der Waals surface area contributed by atoms with Crippen LogP contribution in [0.1, 0.15) is 47.0 Å². The summed E-state index contributed by atoms with van der Waals surface area (Å²) in [6.45, 7) is 8.61. The van der Waals surface area contributed by atoms with E-state index >= 15 is 0 Å². The second-order valence-corrected chi connectivity index (χ2v) is 6.66. The summed E-state index contributed by atoms with van der Waals surface area (Å²) < 4.78 is 0. The van der Waals surface area contributed by atoms with Crippen molar-refractivity contribution >= 4 is 11.7 Å². The maximum absolute atomic E-state index is 13.0. The van der Waals surface area contributed by atoms with E-state index in [1.807, 2.05) is 49.1 Å². The van der Waals surface area contributed by atoms with Gasteiger partial charge in [0.05, 0.1) is 0 Å². The summed E-state index contributed by atoms with van der Waals surface area (Å²) in [4.78, 5) is 16.4. The van der Waals surface area contributed by atoms with Crippen molar-refractivity contribution in [1.29, 1.82) is 0 Å². The lowest BCUT2D eigenvalue weighted by atomic mass is 9.87. The molecule has 0 aromatic heterocycles. The number of urea groups is 1. The highest BCUT2D eigenvalue weighted by Gasteiger charge is 2.50. The lowest BCUT2D eigenvalue weighted by Gasteiger charge is -2.53. The van der Waals surface area contributed by atoms with Gasteiger partial charge in [0.1, 0.15) is 5.72 Å². The number of benzene rings is 1. The Balaban J connectivity index is 2.38. The van der Waals surface area contributed by atoms with Gasteiger partial charge in [-0.2, -0.15) is 0 Å². The Kier molecular flexibility index (Phi) is 4.28. The number of rotatable bonds is 4. The number of hydrogen-bond donors (Lipinski definition) is 1. The molecule has 1 fully saturated rings. The van der Waals surface area contributed by atoms with Crippen molar-refractivity contribution in [3.63, 3.8) is 0 Å². The van der Waals surface area contributed by atoms with Gasteiger partial charge >= 0.3 is 6.03 Å². The number of amides is 2. The summed E-state index contributed by atoms with van der Waals surface area (Å²) in [5.74, 6) is 0. The second kappa shape index (κ2) is 5.68. The molecule has 1 heterocycles. The van der Waals surface area contributed by atoms with Gasteiger partial charge in [0.25, 0.3) is 0 Å². The first-order valence-electron chi connectivity index (χ1n) is 7.69. The second-order valence-electron chi connectivity index (χ2n) is 6.66. The molecule has 0 saturated carbocycles. The Bertz CT molecular complexity index is 497. The maximum atomic E-state index is 13.0. The van der Waals surface area contributed by atoms with Gasteiger partial charge in [-0.15, -0.1) is 0 Å². The number of nitrogens with zero attached hydrogens (tertiary/aromatic N) is 2. The number of carbonyl (C=O) groups excluding carboxylic acids is 1. The van der Waals surface area contributed by atoms with E-state index in [0.717, 1.165) is 25.1 Å². The van der Waals surface area contributed by atoms with Crippen molar-refractivity contribution < 1.29 is 9.90 Å². The molecule has 2 rings (SSSR count). The normalized spacial score (nSPS) is 25.3.